The molecule has 2 fully saturated rings. The van der Waals surface area contributed by atoms with Gasteiger partial charge >= 0.3 is 5.69 Å². The third-order valence-corrected chi connectivity index (χ3v) is 8.99. The van der Waals surface area contributed by atoms with Crippen molar-refractivity contribution in [1.82, 2.24) is 23.6 Å². The fourth-order valence-electron chi connectivity index (χ4n) is 6.51. The molecule has 47 heavy (non-hydrogen) atoms. The van der Waals surface area contributed by atoms with Crippen LogP contribution in [0.5, 0.6) is 11.5 Å². The summed E-state index contributed by atoms with van der Waals surface area (Å²) in [6.07, 6.45) is 0.102. The molecule has 0 bridgehead atoms. The van der Waals surface area contributed by atoms with E-state index < -0.39 is 17.3 Å². The number of benzene rings is 3. The molecule has 1 atom stereocenters. The topological polar surface area (TPSA) is 115 Å². The highest BCUT2D eigenvalue weighted by Crippen LogP contribution is 2.30. The highest BCUT2D eigenvalue weighted by Gasteiger charge is 2.43. The number of piperazine rings is 1. The number of aryl methyl sites for hydroxylation is 2. The first kappa shape index (κ1) is 30.2. The number of anilines is 2. The van der Waals surface area contributed by atoms with Crippen LogP contribution >= 0.6 is 0 Å². The summed E-state index contributed by atoms with van der Waals surface area (Å²) in [5, 5.41) is 0. The Hall–Kier alpha value is -5.49. The predicted molar refractivity (Wildman–Crippen MR) is 178 cm³/mol. The van der Waals surface area contributed by atoms with Crippen LogP contribution in [0.4, 0.5) is 11.6 Å². The maximum atomic E-state index is 13.6. The van der Waals surface area contributed by atoms with Crippen molar-refractivity contribution in [3.8, 4) is 11.5 Å². The van der Waals surface area contributed by atoms with E-state index >= 15 is 0 Å². The SMILES string of the molecule is Cc1cccc(Cn2c(N3CCN(C4CC(=O)N(c5ccc(Oc6ccccc6)cc5)C4=O)CC3)nc3c2c(=O)n(C)c(=O)n3C)c1. The van der Waals surface area contributed by atoms with Crippen LogP contribution in [-0.2, 0) is 30.2 Å². The van der Waals surface area contributed by atoms with Gasteiger partial charge in [-0.05, 0) is 48.9 Å². The van der Waals surface area contributed by atoms with Gasteiger partial charge in [-0.1, -0.05) is 48.0 Å². The molecule has 12 nitrogen and oxygen atoms in total. The molecular formula is C35H35N7O5. The van der Waals surface area contributed by atoms with Gasteiger partial charge in [0.25, 0.3) is 11.5 Å². The number of fused-ring (bicyclic) bond motifs is 1. The van der Waals surface area contributed by atoms with Gasteiger partial charge in [0, 0.05) is 40.3 Å². The molecule has 4 heterocycles. The molecule has 2 amide bonds. The molecule has 2 aromatic heterocycles. The number of nitrogens with zero attached hydrogens (tertiary/aromatic N) is 7. The molecule has 0 radical (unpaired) electrons. The Bertz CT molecular complexity index is 2110. The number of carbonyl (C=O) groups is 2. The van der Waals surface area contributed by atoms with Gasteiger partial charge in [-0.15, -0.1) is 0 Å². The molecule has 7 rings (SSSR count). The summed E-state index contributed by atoms with van der Waals surface area (Å²) in [4.78, 5) is 63.1. The molecule has 3 aromatic carbocycles. The van der Waals surface area contributed by atoms with E-state index in [1.54, 1.807) is 31.3 Å². The Kier molecular flexibility index (Phi) is 7.72. The molecule has 0 saturated carbocycles. The molecule has 2 aliphatic rings. The van der Waals surface area contributed by atoms with Crippen LogP contribution in [0.1, 0.15) is 17.5 Å². The second-order valence-corrected chi connectivity index (χ2v) is 12.1. The molecule has 240 valence electrons. The maximum Gasteiger partial charge on any atom is 0.332 e. The quantitative estimate of drug-likeness (QED) is 0.252. The zero-order valence-electron chi connectivity index (χ0n) is 26.5. The van der Waals surface area contributed by atoms with E-state index in [1.807, 2.05) is 64.9 Å². The predicted octanol–water partition coefficient (Wildman–Crippen LogP) is 3.04. The first-order valence-electron chi connectivity index (χ1n) is 15.6. The molecule has 0 N–H and O–H groups in total. The second kappa shape index (κ2) is 12.0. The Morgan fingerprint density at radius 2 is 1.51 bits per heavy atom. The Morgan fingerprint density at radius 3 is 2.21 bits per heavy atom. The second-order valence-electron chi connectivity index (χ2n) is 12.1. The minimum absolute atomic E-state index is 0.102. The number of hydrogen-bond acceptors (Lipinski definition) is 8. The minimum Gasteiger partial charge on any atom is -0.457 e. The van der Waals surface area contributed by atoms with E-state index in [4.69, 9.17) is 9.72 Å². The third-order valence-electron chi connectivity index (χ3n) is 8.99. The molecule has 5 aromatic rings. The van der Waals surface area contributed by atoms with Crippen LogP contribution < -0.4 is 25.8 Å². The lowest BCUT2D eigenvalue weighted by Gasteiger charge is -2.37. The summed E-state index contributed by atoms with van der Waals surface area (Å²) in [5.41, 5.74) is 2.48. The highest BCUT2D eigenvalue weighted by atomic mass is 16.5. The largest absolute Gasteiger partial charge is 0.457 e. The van der Waals surface area contributed by atoms with Gasteiger partial charge in [0.1, 0.15) is 11.5 Å². The van der Waals surface area contributed by atoms with Crippen molar-refractivity contribution in [2.24, 2.45) is 14.1 Å². The Morgan fingerprint density at radius 1 is 0.809 bits per heavy atom. The van der Waals surface area contributed by atoms with Crippen LogP contribution in [0, 0.1) is 6.92 Å². The van der Waals surface area contributed by atoms with Crippen molar-refractivity contribution < 1.29 is 14.3 Å². The number of rotatable bonds is 7. The van der Waals surface area contributed by atoms with Gasteiger partial charge < -0.3 is 9.64 Å². The van der Waals surface area contributed by atoms with Gasteiger partial charge in [-0.2, -0.15) is 4.98 Å². The van der Waals surface area contributed by atoms with E-state index in [0.29, 0.717) is 67.0 Å². The minimum atomic E-state index is -0.566. The van der Waals surface area contributed by atoms with Crippen molar-refractivity contribution in [3.63, 3.8) is 0 Å². The molecule has 0 spiro atoms. The smallest absolute Gasteiger partial charge is 0.332 e. The zero-order chi connectivity index (χ0) is 32.8. The fourth-order valence-corrected chi connectivity index (χ4v) is 6.51. The summed E-state index contributed by atoms with van der Waals surface area (Å²) in [5.74, 6) is 1.41. The first-order chi connectivity index (χ1) is 22.7. The number of ether oxygens (including phenoxy) is 1. The number of aromatic nitrogens is 4. The lowest BCUT2D eigenvalue weighted by atomic mass is 10.1. The highest BCUT2D eigenvalue weighted by molar-refractivity contribution is 6.22. The lowest BCUT2D eigenvalue weighted by molar-refractivity contribution is -0.123. The molecule has 12 heteroatoms. The average molecular weight is 634 g/mol. The number of carbonyl (C=O) groups excluding carboxylic acids is 2. The summed E-state index contributed by atoms with van der Waals surface area (Å²) in [7, 11) is 3.09. The van der Waals surface area contributed by atoms with Crippen molar-refractivity contribution in [1.29, 1.82) is 0 Å². The van der Waals surface area contributed by atoms with Crippen molar-refractivity contribution >= 4 is 34.6 Å². The van der Waals surface area contributed by atoms with E-state index in [-0.39, 0.29) is 18.2 Å². The first-order valence-corrected chi connectivity index (χ1v) is 15.6. The number of para-hydroxylation sites is 1. The Labute approximate surface area is 270 Å². The van der Waals surface area contributed by atoms with Crippen LogP contribution in [0.2, 0.25) is 0 Å². The van der Waals surface area contributed by atoms with Crippen LogP contribution in [-0.4, -0.2) is 67.6 Å². The maximum absolute atomic E-state index is 13.6. The van der Waals surface area contributed by atoms with E-state index in [2.05, 4.69) is 11.0 Å². The summed E-state index contributed by atoms with van der Waals surface area (Å²) in [6.45, 7) is 4.51. The van der Waals surface area contributed by atoms with Crippen LogP contribution in [0.25, 0.3) is 11.2 Å². The van der Waals surface area contributed by atoms with Crippen LogP contribution in [0.3, 0.4) is 0 Å². The molecular weight excluding hydrogens is 598 g/mol. The van der Waals surface area contributed by atoms with Gasteiger partial charge in [-0.25, -0.2) is 9.69 Å². The normalized spacial score (nSPS) is 17.2. The van der Waals surface area contributed by atoms with Crippen molar-refractivity contribution in [2.75, 3.05) is 36.0 Å². The standard InChI is InChI=1S/C35H35N7O5/c1-23-8-7-9-24(20-23)22-41-30-31(37(2)35(46)38(3)33(30)45)36-34(41)40-18-16-39(17-19-40)28-21-29(43)42(32(28)44)25-12-14-27(15-13-25)47-26-10-5-4-6-11-26/h4-15,20,28H,16-19,21-22H2,1-3H3. The summed E-state index contributed by atoms with van der Waals surface area (Å²) in [6, 6.07) is 23.9. The lowest BCUT2D eigenvalue weighted by Crippen LogP contribution is -2.53. The zero-order valence-corrected chi connectivity index (χ0v) is 26.5. The van der Waals surface area contributed by atoms with E-state index in [0.717, 1.165) is 15.7 Å². The third kappa shape index (κ3) is 5.50. The van der Waals surface area contributed by atoms with Gasteiger partial charge in [0.2, 0.25) is 11.9 Å². The average Bonchev–Trinajstić information content (AvgIpc) is 3.60. The fraction of sp³-hybridized carbons (Fsp3) is 0.286. The van der Waals surface area contributed by atoms with Crippen molar-refractivity contribution in [3.05, 3.63) is 111 Å². The Balaban J connectivity index is 1.10. The number of imide groups is 1. The van der Waals surface area contributed by atoms with Gasteiger partial charge in [0.15, 0.2) is 11.2 Å². The van der Waals surface area contributed by atoms with Gasteiger partial charge in [-0.3, -0.25) is 33.0 Å². The molecule has 0 aliphatic carbocycles. The van der Waals surface area contributed by atoms with Crippen LogP contribution in [0.15, 0.2) is 88.5 Å². The number of imidazole rings is 1. The monoisotopic (exact) mass is 633 g/mol. The van der Waals surface area contributed by atoms with Crippen molar-refractivity contribution in [2.45, 2.75) is 25.9 Å². The molecule has 2 saturated heterocycles. The number of hydrogen-bond donors (Lipinski definition) is 0. The number of amides is 2. The summed E-state index contributed by atoms with van der Waals surface area (Å²) >= 11 is 0. The van der Waals surface area contributed by atoms with E-state index in [1.165, 1.54) is 16.5 Å². The van der Waals surface area contributed by atoms with Gasteiger partial charge in [0.05, 0.1) is 24.7 Å². The van der Waals surface area contributed by atoms with E-state index in [9.17, 15) is 19.2 Å². The summed E-state index contributed by atoms with van der Waals surface area (Å²) < 4.78 is 10.3. The molecule has 2 aliphatic heterocycles. The molecule has 1 unspecified atom stereocenters.